The number of aliphatic hydroxyl groups is 1. The molecule has 0 spiro atoms. The van der Waals surface area contributed by atoms with Crippen LogP contribution in [0.4, 0.5) is 0 Å². The van der Waals surface area contributed by atoms with Crippen molar-refractivity contribution in [2.24, 2.45) is 5.73 Å². The van der Waals surface area contributed by atoms with Crippen LogP contribution in [0.15, 0.2) is 30.3 Å². The van der Waals surface area contributed by atoms with E-state index in [0.717, 1.165) is 5.56 Å². The number of carboxylic acid groups (broad SMARTS) is 2. The number of esters is 1. The predicted octanol–water partition coefficient (Wildman–Crippen LogP) is -0.407. The molecule has 0 fully saturated rings. The fourth-order valence-electron chi connectivity index (χ4n) is 1.02. The lowest BCUT2D eigenvalue weighted by atomic mass is 10.2. The third-order valence-corrected chi connectivity index (χ3v) is 2.20. The number of aliphatic carboxylic acids is 2. The number of hydrogen-bond acceptors (Lipinski definition) is 6. The minimum absolute atomic E-state index is 0.181. The van der Waals surface area contributed by atoms with Crippen LogP contribution < -0.4 is 5.73 Å². The quantitative estimate of drug-likeness (QED) is 0.433. The van der Waals surface area contributed by atoms with Crippen molar-refractivity contribution in [3.63, 3.8) is 0 Å². The van der Waals surface area contributed by atoms with E-state index in [2.05, 4.69) is 0 Å². The summed E-state index contributed by atoms with van der Waals surface area (Å²) in [4.78, 5) is 29.4. The molecule has 5 N–H and O–H groups in total. The minimum atomic E-state index is -1.82. The molecule has 1 aromatic rings. The summed E-state index contributed by atoms with van der Waals surface area (Å²) in [7, 11) is 0. The number of aliphatic hydroxyl groups excluding tert-OH is 1. The third-order valence-electron chi connectivity index (χ3n) is 2.20. The second-order valence-electron chi connectivity index (χ2n) is 3.97. The zero-order valence-electron chi connectivity index (χ0n) is 11.3. The van der Waals surface area contributed by atoms with Crippen LogP contribution in [0.5, 0.6) is 0 Å². The normalized spacial score (nSPS) is 12.3. The van der Waals surface area contributed by atoms with Gasteiger partial charge in [-0.2, -0.15) is 0 Å². The lowest BCUT2D eigenvalue weighted by Gasteiger charge is -2.13. The average Bonchev–Trinajstić information content (AvgIpc) is 2.45. The second kappa shape index (κ2) is 9.45. The summed E-state index contributed by atoms with van der Waals surface area (Å²) in [6.45, 7) is 1.63. The maximum absolute atomic E-state index is 11.3. The fourth-order valence-corrected chi connectivity index (χ4v) is 1.02. The predicted molar refractivity (Wildman–Crippen MR) is 71.2 cm³/mol. The van der Waals surface area contributed by atoms with Crippen molar-refractivity contribution in [2.45, 2.75) is 25.7 Å². The van der Waals surface area contributed by atoms with Gasteiger partial charge < -0.3 is 25.8 Å². The topological polar surface area (TPSA) is 147 Å². The van der Waals surface area contributed by atoms with Crippen molar-refractivity contribution in [1.82, 2.24) is 0 Å². The van der Waals surface area contributed by atoms with Crippen LogP contribution >= 0.6 is 0 Å². The van der Waals surface area contributed by atoms with Crippen molar-refractivity contribution < 1.29 is 34.4 Å². The Hall–Kier alpha value is -2.45. The molecular formula is C13H17NO7. The van der Waals surface area contributed by atoms with Crippen molar-refractivity contribution in [1.29, 1.82) is 0 Å². The molecule has 0 aromatic heterocycles. The number of ether oxygens (including phenoxy) is 1. The third kappa shape index (κ3) is 8.35. The van der Waals surface area contributed by atoms with Crippen molar-refractivity contribution in [2.75, 3.05) is 0 Å². The molecule has 21 heavy (non-hydrogen) atoms. The highest BCUT2D eigenvalue weighted by atomic mass is 16.5. The highest BCUT2D eigenvalue weighted by molar-refractivity contribution is 6.27. The summed E-state index contributed by atoms with van der Waals surface area (Å²) in [5, 5.41) is 23.8. The van der Waals surface area contributed by atoms with Crippen molar-refractivity contribution >= 4 is 17.9 Å². The van der Waals surface area contributed by atoms with E-state index in [9.17, 15) is 4.79 Å². The first-order valence-corrected chi connectivity index (χ1v) is 5.86. The van der Waals surface area contributed by atoms with Gasteiger partial charge in [0.25, 0.3) is 0 Å². The van der Waals surface area contributed by atoms with Crippen LogP contribution in [0.1, 0.15) is 12.5 Å². The summed E-state index contributed by atoms with van der Waals surface area (Å²) >= 11 is 0. The molecule has 0 radical (unpaired) electrons. The van der Waals surface area contributed by atoms with Crippen LogP contribution in [0.25, 0.3) is 0 Å². The summed E-state index contributed by atoms with van der Waals surface area (Å²) in [5.74, 6) is -4.24. The van der Waals surface area contributed by atoms with Gasteiger partial charge in [-0.3, -0.25) is 4.79 Å². The molecule has 0 unspecified atom stereocenters. The molecule has 0 bridgehead atoms. The summed E-state index contributed by atoms with van der Waals surface area (Å²) in [5.41, 5.74) is 6.29. The zero-order valence-corrected chi connectivity index (χ0v) is 11.3. The number of carboxylic acids is 2. The van der Waals surface area contributed by atoms with Gasteiger partial charge in [0.1, 0.15) is 12.6 Å². The Morgan fingerprint density at radius 3 is 2.00 bits per heavy atom. The van der Waals surface area contributed by atoms with Crippen LogP contribution in [0.3, 0.4) is 0 Å². The maximum atomic E-state index is 11.3. The number of hydrogen-bond donors (Lipinski definition) is 4. The Labute approximate surface area is 120 Å². The maximum Gasteiger partial charge on any atom is 0.414 e. The molecule has 1 rings (SSSR count). The largest absolute Gasteiger partial charge is 0.473 e. The Morgan fingerprint density at radius 1 is 1.14 bits per heavy atom. The van der Waals surface area contributed by atoms with Gasteiger partial charge >= 0.3 is 17.9 Å². The fraction of sp³-hybridized carbons (Fsp3) is 0.308. The van der Waals surface area contributed by atoms with Crippen LogP contribution in [0, 0.1) is 0 Å². The van der Waals surface area contributed by atoms with E-state index in [1.165, 1.54) is 6.92 Å². The molecule has 0 saturated heterocycles. The van der Waals surface area contributed by atoms with Crippen LogP contribution in [0.2, 0.25) is 0 Å². The zero-order chi connectivity index (χ0) is 16.4. The van der Waals surface area contributed by atoms with Gasteiger partial charge in [-0.1, -0.05) is 30.3 Å². The summed E-state index contributed by atoms with van der Waals surface area (Å²) in [6, 6.07) is 8.32. The van der Waals surface area contributed by atoms with E-state index < -0.39 is 30.1 Å². The Morgan fingerprint density at radius 2 is 1.62 bits per heavy atom. The smallest absolute Gasteiger partial charge is 0.414 e. The molecule has 0 amide bonds. The first-order valence-electron chi connectivity index (χ1n) is 5.86. The second-order valence-corrected chi connectivity index (χ2v) is 3.97. The number of carbonyl (C=O) groups is 3. The van der Waals surface area contributed by atoms with E-state index in [4.69, 9.17) is 35.4 Å². The Balaban J connectivity index is 0.000000567. The minimum Gasteiger partial charge on any atom is -0.473 e. The molecule has 116 valence electrons. The highest BCUT2D eigenvalue weighted by Crippen LogP contribution is 2.02. The molecule has 2 atom stereocenters. The van der Waals surface area contributed by atoms with Crippen molar-refractivity contribution in [3.05, 3.63) is 35.9 Å². The first kappa shape index (κ1) is 18.6. The van der Waals surface area contributed by atoms with Gasteiger partial charge in [0.2, 0.25) is 0 Å². The molecule has 0 heterocycles. The standard InChI is InChI=1S/C11H15NO3.C2H2O4/c1-8(13)10(12)11(14)15-7-9-5-3-2-4-6-9;3-1(4)2(5)6/h2-6,8,10,13H,7,12H2,1H3;(H,3,4)(H,5,6)/t8-,10+;/m1./s1. The van der Waals surface area contributed by atoms with Gasteiger partial charge in [-0.15, -0.1) is 0 Å². The molecule has 0 aliphatic carbocycles. The van der Waals surface area contributed by atoms with Gasteiger partial charge in [0.15, 0.2) is 0 Å². The lowest BCUT2D eigenvalue weighted by Crippen LogP contribution is -2.41. The van der Waals surface area contributed by atoms with E-state index in [-0.39, 0.29) is 6.61 Å². The van der Waals surface area contributed by atoms with E-state index in [1.807, 2.05) is 30.3 Å². The first-order chi connectivity index (χ1) is 9.75. The average molecular weight is 299 g/mol. The molecule has 0 aliphatic rings. The molecular weight excluding hydrogens is 282 g/mol. The van der Waals surface area contributed by atoms with Gasteiger partial charge in [-0.25, -0.2) is 9.59 Å². The van der Waals surface area contributed by atoms with Gasteiger partial charge in [0, 0.05) is 0 Å². The van der Waals surface area contributed by atoms with Gasteiger partial charge in [-0.05, 0) is 12.5 Å². The number of benzene rings is 1. The lowest BCUT2D eigenvalue weighted by molar-refractivity contribution is -0.159. The number of carbonyl (C=O) groups excluding carboxylic acids is 1. The van der Waals surface area contributed by atoms with Crippen LogP contribution in [-0.4, -0.2) is 45.4 Å². The Bertz CT molecular complexity index is 461. The van der Waals surface area contributed by atoms with Gasteiger partial charge in [0.05, 0.1) is 6.10 Å². The Kier molecular flexibility index (Phi) is 8.35. The summed E-state index contributed by atoms with van der Waals surface area (Å²) < 4.78 is 4.93. The molecule has 0 saturated carbocycles. The van der Waals surface area contributed by atoms with Crippen molar-refractivity contribution in [3.8, 4) is 0 Å². The number of nitrogens with two attached hydrogens (primary N) is 1. The monoisotopic (exact) mass is 299 g/mol. The SMILES string of the molecule is C[C@@H](O)[C@H](N)C(=O)OCc1ccccc1.O=C(O)C(=O)O. The van der Waals surface area contributed by atoms with E-state index in [0.29, 0.717) is 0 Å². The molecule has 1 aromatic carbocycles. The highest BCUT2D eigenvalue weighted by Gasteiger charge is 2.19. The van der Waals surface area contributed by atoms with E-state index in [1.54, 1.807) is 0 Å². The molecule has 8 nitrogen and oxygen atoms in total. The molecule has 0 aliphatic heterocycles. The van der Waals surface area contributed by atoms with E-state index >= 15 is 0 Å². The molecule has 8 heteroatoms. The summed E-state index contributed by atoms with van der Waals surface area (Å²) in [6.07, 6.45) is -0.895. The number of rotatable bonds is 4. The van der Waals surface area contributed by atoms with Crippen LogP contribution in [-0.2, 0) is 25.7 Å².